The van der Waals surface area contributed by atoms with E-state index in [1.54, 1.807) is 0 Å². The molecule has 0 atom stereocenters. The summed E-state index contributed by atoms with van der Waals surface area (Å²) < 4.78 is 262. The van der Waals surface area contributed by atoms with E-state index in [-0.39, 0.29) is 46.3 Å². The molecule has 0 fully saturated rings. The molecule has 3 amide bonds. The molecule has 16 nitrogen and oxygen atoms in total. The maximum Gasteiger partial charge on any atom is 0.573 e. The number of pyridine rings is 2. The van der Waals surface area contributed by atoms with Crippen molar-refractivity contribution in [1.82, 2.24) is 9.97 Å². The van der Waals surface area contributed by atoms with Crippen LogP contribution in [0.2, 0.25) is 0 Å². The summed E-state index contributed by atoms with van der Waals surface area (Å²) in [5.74, 6) is -16.0. The molecule has 0 unspecified atom stereocenters. The summed E-state index contributed by atoms with van der Waals surface area (Å²) in [6.07, 6.45) is -20.9. The number of ether oxygens (including phenoxy) is 7. The van der Waals surface area contributed by atoms with E-state index in [1.807, 2.05) is 0 Å². The lowest BCUT2D eigenvalue weighted by molar-refractivity contribution is -0.275. The van der Waals surface area contributed by atoms with Crippen LogP contribution in [0.4, 0.5) is 72.8 Å². The number of methoxy groups -OCH3 is 3. The van der Waals surface area contributed by atoms with Gasteiger partial charge in [0.1, 0.15) is 45.5 Å². The normalized spacial score (nSPS) is 13.1. The number of aryl methyl sites for hydroxylation is 2. The topological polar surface area (TPSA) is 209 Å². The molecule has 0 radical (unpaired) electrons. The number of amides is 3. The van der Waals surface area contributed by atoms with Crippen molar-refractivity contribution in [2.45, 2.75) is 38.9 Å². The van der Waals surface area contributed by atoms with Crippen LogP contribution in [0.3, 0.4) is 0 Å². The molecule has 0 saturated heterocycles. The molecule has 6 rings (SSSR count). The van der Waals surface area contributed by atoms with Gasteiger partial charge >= 0.3 is 31.0 Å². The number of alkyl halides is 12. The van der Waals surface area contributed by atoms with E-state index in [2.05, 4.69) is 44.3 Å². The maximum atomic E-state index is 15.2. The lowest BCUT2D eigenvalue weighted by Gasteiger charge is -2.18. The molecule has 410 valence electrons. The first-order valence-corrected chi connectivity index (χ1v) is 20.3. The second kappa shape index (κ2) is 23.2. The first-order valence-electron chi connectivity index (χ1n) is 23.3. The van der Waals surface area contributed by atoms with Crippen molar-refractivity contribution >= 4 is 35.1 Å². The standard InChI is InChI=1S/C24H17F7N2O6.C23H16F7N3O5/c1-11-14(6-7-15(32-11)22(35)37-3)33-21(34)19-17(9-5-13(20(19)25)23(26,27)28)38-16-8-4-12(10-18(16)36-2)39-24(29,30)31;1-10-13(5-6-14(32-10)20(31)34)33-21(35)18-16(8-4-12(19(18)24)22(25,26)27)37-15-7-3-11(9-17(15)36-2)38-23(28,29)30/h4-10H,1-3H3,(H,33,34);3-9H,1-2H3,(H2,31,34)(H,33,35)/i2*2D3. The van der Waals surface area contributed by atoms with Gasteiger partial charge in [-0.3, -0.25) is 14.4 Å². The molecular formula is C47H33F14N5O11. The molecule has 30 heteroatoms. The number of halogens is 14. The van der Waals surface area contributed by atoms with E-state index in [1.165, 1.54) is 13.8 Å². The fourth-order valence-electron chi connectivity index (χ4n) is 6.20. The highest BCUT2D eigenvalue weighted by Crippen LogP contribution is 2.43. The van der Waals surface area contributed by atoms with Crippen molar-refractivity contribution in [2.24, 2.45) is 5.73 Å². The number of nitrogens with one attached hydrogen (secondary N) is 2. The maximum absolute atomic E-state index is 15.2. The van der Waals surface area contributed by atoms with Crippen LogP contribution in [0.5, 0.6) is 46.0 Å². The minimum absolute atomic E-state index is 0.0188. The lowest BCUT2D eigenvalue weighted by atomic mass is 10.1. The Labute approximate surface area is 431 Å². The number of aromatic nitrogens is 2. The van der Waals surface area contributed by atoms with E-state index in [9.17, 15) is 71.9 Å². The number of hydrogen-bond donors (Lipinski definition) is 3. The van der Waals surface area contributed by atoms with Crippen LogP contribution in [0.15, 0.2) is 84.9 Å². The van der Waals surface area contributed by atoms with Gasteiger partial charge < -0.3 is 49.5 Å². The molecular weight excluding hydrogens is 1080 g/mol. The zero-order valence-electron chi connectivity index (χ0n) is 44.3. The number of carbonyl (C=O) groups excluding carboxylic acids is 4. The number of carbonyl (C=O) groups is 4. The van der Waals surface area contributed by atoms with E-state index < -0.39 is 143 Å². The fourth-order valence-corrected chi connectivity index (χ4v) is 6.20. The van der Waals surface area contributed by atoms with Gasteiger partial charge in [0, 0.05) is 12.1 Å². The number of benzene rings is 4. The highest BCUT2D eigenvalue weighted by atomic mass is 19.4. The number of primary amides is 1. The highest BCUT2D eigenvalue weighted by Gasteiger charge is 2.40. The zero-order chi connectivity index (χ0) is 62.5. The minimum atomic E-state index is -5.27. The largest absolute Gasteiger partial charge is 0.573 e. The average molecular weight is 1120 g/mol. The molecule has 6 aromatic rings. The summed E-state index contributed by atoms with van der Waals surface area (Å²) in [6.45, 7) is 2.61. The summed E-state index contributed by atoms with van der Waals surface area (Å²) >= 11 is 0. The first kappa shape index (κ1) is 50.1. The van der Waals surface area contributed by atoms with Crippen LogP contribution in [0, 0.1) is 25.5 Å². The Hall–Kier alpha value is -9.12. The second-order valence-electron chi connectivity index (χ2n) is 14.7. The Morgan fingerprint density at radius 2 is 0.909 bits per heavy atom. The van der Waals surface area contributed by atoms with Gasteiger partial charge in [-0.25, -0.2) is 23.5 Å². The van der Waals surface area contributed by atoms with E-state index in [4.69, 9.17) is 23.4 Å². The third-order valence-electron chi connectivity index (χ3n) is 9.54. The van der Waals surface area contributed by atoms with E-state index in [0.29, 0.717) is 48.5 Å². The predicted octanol–water partition coefficient (Wildman–Crippen LogP) is 11.9. The zero-order valence-corrected chi connectivity index (χ0v) is 38.3. The van der Waals surface area contributed by atoms with Crippen molar-refractivity contribution < 1.29 is 122 Å². The number of hydrogen-bond acceptors (Lipinski definition) is 13. The average Bonchev–Trinajstić information content (AvgIpc) is 3.54. The minimum Gasteiger partial charge on any atom is -0.493 e. The fraction of sp³-hybridized carbons (Fsp3) is 0.191. The van der Waals surface area contributed by atoms with Crippen LogP contribution < -0.4 is 44.8 Å². The van der Waals surface area contributed by atoms with Gasteiger partial charge in [0.2, 0.25) is 0 Å². The molecule has 77 heavy (non-hydrogen) atoms. The Morgan fingerprint density at radius 3 is 1.25 bits per heavy atom. The van der Waals surface area contributed by atoms with Gasteiger partial charge in [-0.1, -0.05) is 0 Å². The van der Waals surface area contributed by atoms with Gasteiger partial charge in [0.05, 0.1) is 63.3 Å². The third kappa shape index (κ3) is 15.0. The molecule has 0 bridgehead atoms. The van der Waals surface area contributed by atoms with Crippen LogP contribution >= 0.6 is 0 Å². The number of anilines is 2. The molecule has 0 spiro atoms. The van der Waals surface area contributed by atoms with Crippen LogP contribution in [0.25, 0.3) is 0 Å². The van der Waals surface area contributed by atoms with Gasteiger partial charge in [-0.2, -0.15) is 26.3 Å². The molecule has 2 aromatic heterocycles. The smallest absolute Gasteiger partial charge is 0.493 e. The second-order valence-corrected chi connectivity index (χ2v) is 14.7. The van der Waals surface area contributed by atoms with Gasteiger partial charge in [-0.05, 0) is 86.6 Å². The number of esters is 1. The number of nitrogens with zero attached hydrogens (tertiary/aromatic N) is 2. The molecule has 2 heterocycles. The predicted molar refractivity (Wildman–Crippen MR) is 236 cm³/mol. The van der Waals surface area contributed by atoms with Crippen molar-refractivity contribution in [3.63, 3.8) is 0 Å². The van der Waals surface area contributed by atoms with Crippen LogP contribution in [-0.2, 0) is 17.1 Å². The summed E-state index contributed by atoms with van der Waals surface area (Å²) in [5.41, 5.74) is -2.04. The molecule has 0 saturated carbocycles. The van der Waals surface area contributed by atoms with Crippen LogP contribution in [-0.4, -0.2) is 67.6 Å². The Kier molecular flexibility index (Phi) is 15.1. The Balaban J connectivity index is 0.000000304. The lowest BCUT2D eigenvalue weighted by Crippen LogP contribution is -2.20. The van der Waals surface area contributed by atoms with Gasteiger partial charge in [0.15, 0.2) is 34.6 Å². The summed E-state index contributed by atoms with van der Waals surface area (Å²) in [7, 11) is -5.44. The Bertz CT molecular complexity index is 3450. The SMILES string of the molecule is [2H]C([2H])([2H])Oc1cc(OC(F)(F)F)ccc1Oc1ccc(C(F)(F)F)c(F)c1C(=O)Nc1ccc(C(=O)OC)nc1C.[2H]C([2H])([2H])Oc1cc(OC(F)(F)F)ccc1Oc1ccc(C(F)(F)F)c(F)c1C(=O)Nc1ccc(C(N)=O)nc1C. The summed E-state index contributed by atoms with van der Waals surface area (Å²) in [5, 5.41) is 4.26. The van der Waals surface area contributed by atoms with Crippen molar-refractivity contribution in [3.05, 3.63) is 142 Å². The van der Waals surface area contributed by atoms with Gasteiger partial charge in [-0.15, -0.1) is 26.3 Å². The number of nitrogens with two attached hydrogens (primary N) is 1. The quantitative estimate of drug-likeness (QED) is 0.0686. The summed E-state index contributed by atoms with van der Waals surface area (Å²) in [4.78, 5) is 56.8. The summed E-state index contributed by atoms with van der Waals surface area (Å²) in [6, 6.07) is 9.53. The highest BCUT2D eigenvalue weighted by molar-refractivity contribution is 6.08. The molecule has 4 N–H and O–H groups in total. The molecule has 0 aliphatic rings. The van der Waals surface area contributed by atoms with Gasteiger partial charge in [0.25, 0.3) is 17.7 Å². The first-order chi connectivity index (χ1) is 38.0. The Morgan fingerprint density at radius 1 is 0.532 bits per heavy atom. The molecule has 0 aliphatic carbocycles. The number of rotatable bonds is 14. The van der Waals surface area contributed by atoms with Crippen molar-refractivity contribution in [1.29, 1.82) is 0 Å². The van der Waals surface area contributed by atoms with Crippen molar-refractivity contribution in [3.8, 4) is 46.0 Å². The molecule has 0 aliphatic heterocycles. The molecule has 4 aromatic carbocycles. The monoisotopic (exact) mass is 1120 g/mol. The van der Waals surface area contributed by atoms with E-state index in [0.717, 1.165) is 31.4 Å². The van der Waals surface area contributed by atoms with E-state index >= 15 is 8.78 Å². The van der Waals surface area contributed by atoms with Crippen LogP contribution in [0.1, 0.15) is 72.4 Å². The third-order valence-corrected chi connectivity index (χ3v) is 9.54. The van der Waals surface area contributed by atoms with Crippen molar-refractivity contribution in [2.75, 3.05) is 31.8 Å².